The molecule has 1 aliphatic heterocycles. The van der Waals surface area contributed by atoms with E-state index in [-0.39, 0.29) is 0 Å². The fourth-order valence-electron chi connectivity index (χ4n) is 4.82. The van der Waals surface area contributed by atoms with Crippen LogP contribution in [0.4, 0.5) is 10.6 Å². The lowest BCUT2D eigenvalue weighted by Gasteiger charge is -2.42. The van der Waals surface area contributed by atoms with Crippen molar-refractivity contribution in [1.82, 2.24) is 24.8 Å². The number of nitrogens with one attached hydrogen (secondary N) is 1. The molecule has 2 fully saturated rings. The lowest BCUT2D eigenvalue weighted by atomic mass is 9.79. The molecule has 1 aromatic carbocycles. The monoisotopic (exact) mass is 434 g/mol. The molecule has 8 nitrogen and oxygen atoms in total. The van der Waals surface area contributed by atoms with Crippen LogP contribution in [-0.2, 0) is 11.3 Å². The van der Waals surface area contributed by atoms with Crippen LogP contribution in [0.2, 0.25) is 0 Å². The van der Waals surface area contributed by atoms with Crippen molar-refractivity contribution in [2.75, 3.05) is 32.0 Å². The lowest BCUT2D eigenvalue weighted by molar-refractivity contribution is 0.0921. The Balaban J connectivity index is 1.40. The number of amides is 1. The average Bonchev–Trinajstić information content (AvgIpc) is 3.11. The molecule has 0 bridgehead atoms. The predicted octanol–water partition coefficient (Wildman–Crippen LogP) is 3.58. The van der Waals surface area contributed by atoms with Crippen LogP contribution in [0.15, 0.2) is 36.8 Å². The third kappa shape index (κ3) is 4.02. The van der Waals surface area contributed by atoms with Gasteiger partial charge in [-0.25, -0.2) is 14.8 Å². The zero-order chi connectivity index (χ0) is 22.1. The van der Waals surface area contributed by atoms with E-state index >= 15 is 0 Å². The number of rotatable bonds is 7. The number of nitrogen functional groups attached to an aromatic ring is 1. The Morgan fingerprint density at radius 1 is 1.28 bits per heavy atom. The van der Waals surface area contributed by atoms with Gasteiger partial charge in [-0.2, -0.15) is 0 Å². The van der Waals surface area contributed by atoms with Gasteiger partial charge in [0.05, 0.1) is 12.0 Å². The van der Waals surface area contributed by atoms with Crippen LogP contribution >= 0.6 is 0 Å². The van der Waals surface area contributed by atoms with Crippen LogP contribution < -0.4 is 11.1 Å². The predicted molar refractivity (Wildman–Crippen MR) is 124 cm³/mol. The van der Waals surface area contributed by atoms with E-state index in [0.717, 1.165) is 33.6 Å². The van der Waals surface area contributed by atoms with Crippen molar-refractivity contribution < 1.29 is 9.53 Å². The molecular weight excluding hydrogens is 404 g/mol. The second-order valence-electron chi connectivity index (χ2n) is 8.83. The highest BCUT2D eigenvalue weighted by atomic mass is 16.5. The molecule has 8 heteroatoms. The number of aromatic nitrogens is 3. The first-order chi connectivity index (χ1) is 15.6. The molecule has 5 rings (SSSR count). The van der Waals surface area contributed by atoms with Crippen LogP contribution in [0.3, 0.4) is 0 Å². The standard InChI is InChI=1S/C24H30N6O2/c1-2-32-24(31)26-12-16-5-3-6-18(9-16)20-14-30(23-21(20)22(25)27-15-28-23)19-10-17(11-19)13-29-7-4-8-29/h3,5-6,9,14-15,17,19H,2,4,7-8,10-13H2,1H3,(H,26,31)(H2,25,27,28)/t17-,19+. The number of carbonyl (C=O) groups excluding carboxylic acids is 1. The van der Waals surface area contributed by atoms with E-state index in [2.05, 4.69) is 43.1 Å². The number of hydrogen-bond acceptors (Lipinski definition) is 6. The first-order valence-electron chi connectivity index (χ1n) is 11.5. The Kier molecular flexibility index (Phi) is 5.70. The summed E-state index contributed by atoms with van der Waals surface area (Å²) in [6.45, 7) is 6.27. The summed E-state index contributed by atoms with van der Waals surface area (Å²) in [6.07, 6.45) is 7.00. The van der Waals surface area contributed by atoms with Gasteiger partial charge in [0.15, 0.2) is 0 Å². The summed E-state index contributed by atoms with van der Waals surface area (Å²) in [6, 6.07) is 8.56. The molecular formula is C24H30N6O2. The van der Waals surface area contributed by atoms with Gasteiger partial charge in [-0.05, 0) is 62.4 Å². The summed E-state index contributed by atoms with van der Waals surface area (Å²) in [5.74, 6) is 1.26. The van der Waals surface area contributed by atoms with Crippen LogP contribution in [0.25, 0.3) is 22.2 Å². The topological polar surface area (TPSA) is 98.3 Å². The number of fused-ring (bicyclic) bond motifs is 1. The summed E-state index contributed by atoms with van der Waals surface area (Å²) in [5.41, 5.74) is 10.3. The van der Waals surface area contributed by atoms with Crippen molar-refractivity contribution in [3.05, 3.63) is 42.4 Å². The first-order valence-corrected chi connectivity index (χ1v) is 11.5. The largest absolute Gasteiger partial charge is 0.450 e. The van der Waals surface area contributed by atoms with Crippen molar-refractivity contribution in [2.45, 2.75) is 38.8 Å². The summed E-state index contributed by atoms with van der Waals surface area (Å²) < 4.78 is 7.24. The van der Waals surface area contributed by atoms with Crippen molar-refractivity contribution in [3.8, 4) is 11.1 Å². The van der Waals surface area contributed by atoms with Gasteiger partial charge in [-0.15, -0.1) is 0 Å². The second kappa shape index (κ2) is 8.78. The van der Waals surface area contributed by atoms with E-state index in [9.17, 15) is 4.79 Å². The Hall–Kier alpha value is -3.13. The zero-order valence-electron chi connectivity index (χ0n) is 18.5. The van der Waals surface area contributed by atoms with E-state index in [1.54, 1.807) is 13.3 Å². The molecule has 0 unspecified atom stereocenters. The maximum absolute atomic E-state index is 11.7. The summed E-state index contributed by atoms with van der Waals surface area (Å²) in [7, 11) is 0. The van der Waals surface area contributed by atoms with E-state index in [1.165, 1.54) is 38.9 Å². The molecule has 0 spiro atoms. The normalized spacial score (nSPS) is 20.5. The van der Waals surface area contributed by atoms with Gasteiger partial charge in [0, 0.05) is 30.9 Å². The minimum atomic E-state index is -0.412. The van der Waals surface area contributed by atoms with Crippen molar-refractivity contribution in [3.63, 3.8) is 0 Å². The third-order valence-electron chi connectivity index (χ3n) is 6.66. The summed E-state index contributed by atoms with van der Waals surface area (Å²) >= 11 is 0. The molecule has 3 heterocycles. The molecule has 1 saturated carbocycles. The third-order valence-corrected chi connectivity index (χ3v) is 6.66. The smallest absolute Gasteiger partial charge is 0.407 e. The average molecular weight is 435 g/mol. The van der Waals surface area contributed by atoms with Gasteiger partial charge in [-0.1, -0.05) is 18.2 Å². The van der Waals surface area contributed by atoms with Crippen LogP contribution in [-0.4, -0.2) is 51.8 Å². The van der Waals surface area contributed by atoms with Crippen LogP contribution in [0.1, 0.15) is 37.8 Å². The number of nitrogens with two attached hydrogens (primary N) is 1. The van der Waals surface area contributed by atoms with Crippen molar-refractivity contribution >= 4 is 22.9 Å². The Labute approximate surface area is 187 Å². The number of hydrogen-bond donors (Lipinski definition) is 2. The molecule has 1 saturated heterocycles. The summed E-state index contributed by atoms with van der Waals surface area (Å²) in [5, 5.41) is 3.68. The lowest BCUT2D eigenvalue weighted by Crippen LogP contribution is -2.43. The number of ether oxygens (including phenoxy) is 1. The number of likely N-dealkylation sites (tertiary alicyclic amines) is 1. The van der Waals surface area contributed by atoms with E-state index in [4.69, 9.17) is 10.5 Å². The van der Waals surface area contributed by atoms with Gasteiger partial charge in [0.2, 0.25) is 0 Å². The van der Waals surface area contributed by atoms with Crippen LogP contribution in [0.5, 0.6) is 0 Å². The van der Waals surface area contributed by atoms with E-state index < -0.39 is 6.09 Å². The highest BCUT2D eigenvalue weighted by Crippen LogP contribution is 2.43. The minimum Gasteiger partial charge on any atom is -0.450 e. The summed E-state index contributed by atoms with van der Waals surface area (Å²) in [4.78, 5) is 23.1. The molecule has 168 valence electrons. The van der Waals surface area contributed by atoms with Gasteiger partial charge >= 0.3 is 6.09 Å². The molecule has 0 radical (unpaired) electrons. The second-order valence-corrected chi connectivity index (χ2v) is 8.83. The highest BCUT2D eigenvalue weighted by molar-refractivity contribution is 6.00. The number of nitrogens with zero attached hydrogens (tertiary/aromatic N) is 4. The molecule has 0 atom stereocenters. The maximum Gasteiger partial charge on any atom is 0.407 e. The Morgan fingerprint density at radius 2 is 2.12 bits per heavy atom. The molecule has 3 aromatic rings. The Morgan fingerprint density at radius 3 is 2.88 bits per heavy atom. The van der Waals surface area contributed by atoms with Gasteiger partial charge in [0.25, 0.3) is 0 Å². The number of alkyl carbamates (subject to hydrolysis) is 1. The van der Waals surface area contributed by atoms with E-state index in [0.29, 0.717) is 25.0 Å². The van der Waals surface area contributed by atoms with Gasteiger partial charge in [0.1, 0.15) is 17.8 Å². The van der Waals surface area contributed by atoms with Gasteiger partial charge < -0.3 is 25.3 Å². The minimum absolute atomic E-state index is 0.352. The molecule has 2 aromatic heterocycles. The fourth-order valence-corrected chi connectivity index (χ4v) is 4.82. The highest BCUT2D eigenvalue weighted by Gasteiger charge is 2.34. The molecule has 1 amide bonds. The van der Waals surface area contributed by atoms with Gasteiger partial charge in [-0.3, -0.25) is 0 Å². The molecule has 3 N–H and O–H groups in total. The SMILES string of the molecule is CCOC(=O)NCc1cccc(-c2cn([C@H]3C[C@@H](CN4CCC4)C3)c3ncnc(N)c23)c1. The van der Waals surface area contributed by atoms with Crippen molar-refractivity contribution in [2.24, 2.45) is 5.92 Å². The fraction of sp³-hybridized carbons (Fsp3) is 0.458. The van der Waals surface area contributed by atoms with Crippen LogP contribution in [0, 0.1) is 5.92 Å². The number of anilines is 1. The molecule has 32 heavy (non-hydrogen) atoms. The zero-order valence-corrected chi connectivity index (χ0v) is 18.5. The Bertz CT molecular complexity index is 1120. The van der Waals surface area contributed by atoms with Crippen molar-refractivity contribution in [1.29, 1.82) is 0 Å². The molecule has 1 aliphatic carbocycles. The molecule has 2 aliphatic rings. The quantitative estimate of drug-likeness (QED) is 0.590. The number of benzene rings is 1. The first kappa shape index (κ1) is 20.8. The number of carbonyl (C=O) groups is 1. The van der Waals surface area contributed by atoms with E-state index in [1.807, 2.05) is 12.1 Å². The maximum atomic E-state index is 11.7.